The van der Waals surface area contributed by atoms with Gasteiger partial charge in [0.1, 0.15) is 6.04 Å². The number of aliphatic carboxylic acids is 1. The van der Waals surface area contributed by atoms with Crippen LogP contribution in [0.5, 0.6) is 0 Å². The third-order valence-corrected chi connectivity index (χ3v) is 5.24. The van der Waals surface area contributed by atoms with Crippen molar-refractivity contribution in [1.29, 1.82) is 0 Å². The molecule has 1 saturated carbocycles. The molecule has 0 heterocycles. The first kappa shape index (κ1) is 20.6. The van der Waals surface area contributed by atoms with Gasteiger partial charge in [-0.2, -0.15) is 0 Å². The quantitative estimate of drug-likeness (QED) is 0.672. The second-order valence-electron chi connectivity index (χ2n) is 7.41. The Labute approximate surface area is 170 Å². The zero-order valence-corrected chi connectivity index (χ0v) is 16.3. The average molecular weight is 394 g/mol. The Balaban J connectivity index is 1.72. The van der Waals surface area contributed by atoms with Gasteiger partial charge in [0.2, 0.25) is 0 Å². The van der Waals surface area contributed by atoms with E-state index in [-0.39, 0.29) is 29.5 Å². The summed E-state index contributed by atoms with van der Waals surface area (Å²) in [4.78, 5) is 37.2. The predicted molar refractivity (Wildman–Crippen MR) is 110 cm³/mol. The molecule has 1 fully saturated rings. The number of carbonyl (C=O) groups excluding carboxylic acids is 2. The summed E-state index contributed by atoms with van der Waals surface area (Å²) in [6.07, 6.45) is 5.41. The number of benzene rings is 2. The summed E-state index contributed by atoms with van der Waals surface area (Å²) >= 11 is 0. The lowest BCUT2D eigenvalue weighted by Crippen LogP contribution is -2.43. The number of carbonyl (C=O) groups is 3. The van der Waals surface area contributed by atoms with E-state index in [0.29, 0.717) is 0 Å². The minimum absolute atomic E-state index is 0.122. The topological polar surface area (TPSA) is 95.5 Å². The van der Waals surface area contributed by atoms with Gasteiger partial charge in [-0.05, 0) is 30.5 Å². The van der Waals surface area contributed by atoms with Crippen molar-refractivity contribution in [1.82, 2.24) is 10.6 Å². The molecule has 6 heteroatoms. The van der Waals surface area contributed by atoms with E-state index in [4.69, 9.17) is 0 Å². The van der Waals surface area contributed by atoms with Crippen molar-refractivity contribution in [3.05, 3.63) is 71.3 Å². The molecule has 0 aromatic heterocycles. The maximum atomic E-state index is 12.8. The summed E-state index contributed by atoms with van der Waals surface area (Å²) in [5.41, 5.74) is 1.25. The molecular weight excluding hydrogens is 368 g/mol. The molecule has 2 aromatic carbocycles. The van der Waals surface area contributed by atoms with E-state index < -0.39 is 17.9 Å². The number of carboxylic acids is 1. The molecule has 29 heavy (non-hydrogen) atoms. The first-order valence-electron chi connectivity index (χ1n) is 10.0. The van der Waals surface area contributed by atoms with Crippen LogP contribution in [0, 0.1) is 0 Å². The highest BCUT2D eigenvalue weighted by atomic mass is 16.4. The summed E-state index contributed by atoms with van der Waals surface area (Å²) < 4.78 is 0. The van der Waals surface area contributed by atoms with Crippen molar-refractivity contribution in [3.8, 4) is 0 Å². The van der Waals surface area contributed by atoms with Crippen LogP contribution < -0.4 is 10.6 Å². The number of nitrogens with one attached hydrogen (secondary N) is 2. The zero-order chi connectivity index (χ0) is 20.6. The Hall–Kier alpha value is -3.15. The van der Waals surface area contributed by atoms with Crippen LogP contribution in [-0.2, 0) is 11.2 Å². The summed E-state index contributed by atoms with van der Waals surface area (Å²) in [6, 6.07) is 14.7. The second kappa shape index (κ2) is 9.87. The fourth-order valence-electron chi connectivity index (χ4n) is 3.68. The van der Waals surface area contributed by atoms with Gasteiger partial charge >= 0.3 is 5.97 Å². The number of hydrogen-bond donors (Lipinski definition) is 3. The SMILES string of the molecule is O=C(NC1CCCCC1)c1ccccc1C(=O)NC(Cc1ccccc1)C(=O)O. The van der Waals surface area contributed by atoms with Crippen LogP contribution in [-0.4, -0.2) is 35.0 Å². The maximum Gasteiger partial charge on any atom is 0.326 e. The van der Waals surface area contributed by atoms with Crippen molar-refractivity contribution in [3.63, 3.8) is 0 Å². The Morgan fingerprint density at radius 2 is 1.45 bits per heavy atom. The Kier molecular flexibility index (Phi) is 7.00. The van der Waals surface area contributed by atoms with E-state index in [9.17, 15) is 19.5 Å². The van der Waals surface area contributed by atoms with Crippen molar-refractivity contribution < 1.29 is 19.5 Å². The molecule has 3 rings (SSSR count). The van der Waals surface area contributed by atoms with Crippen molar-refractivity contribution >= 4 is 17.8 Å². The maximum absolute atomic E-state index is 12.8. The highest BCUT2D eigenvalue weighted by molar-refractivity contribution is 6.08. The molecule has 0 radical (unpaired) electrons. The smallest absolute Gasteiger partial charge is 0.326 e. The summed E-state index contributed by atoms with van der Waals surface area (Å²) in [6.45, 7) is 0. The minimum atomic E-state index is -1.12. The van der Waals surface area contributed by atoms with Gasteiger partial charge in [-0.15, -0.1) is 0 Å². The molecule has 2 aromatic rings. The monoisotopic (exact) mass is 394 g/mol. The van der Waals surface area contributed by atoms with Crippen molar-refractivity contribution in [2.45, 2.75) is 50.6 Å². The fourth-order valence-corrected chi connectivity index (χ4v) is 3.68. The van der Waals surface area contributed by atoms with Gasteiger partial charge in [0.05, 0.1) is 11.1 Å². The number of amides is 2. The van der Waals surface area contributed by atoms with Gasteiger partial charge < -0.3 is 15.7 Å². The van der Waals surface area contributed by atoms with Crippen LogP contribution >= 0.6 is 0 Å². The Bertz CT molecular complexity index is 860. The lowest BCUT2D eigenvalue weighted by molar-refractivity contribution is -0.139. The predicted octanol–water partition coefficient (Wildman–Crippen LogP) is 3.17. The van der Waals surface area contributed by atoms with Crippen LogP contribution in [0.3, 0.4) is 0 Å². The third-order valence-electron chi connectivity index (χ3n) is 5.24. The van der Waals surface area contributed by atoms with Crippen LogP contribution in [0.4, 0.5) is 0 Å². The van der Waals surface area contributed by atoms with Gasteiger partial charge in [0.15, 0.2) is 0 Å². The number of hydrogen-bond acceptors (Lipinski definition) is 3. The van der Waals surface area contributed by atoms with Crippen molar-refractivity contribution in [2.24, 2.45) is 0 Å². The first-order valence-corrected chi connectivity index (χ1v) is 10.0. The zero-order valence-electron chi connectivity index (χ0n) is 16.3. The molecule has 0 aliphatic heterocycles. The highest BCUT2D eigenvalue weighted by Crippen LogP contribution is 2.18. The van der Waals surface area contributed by atoms with Gasteiger partial charge in [0.25, 0.3) is 11.8 Å². The van der Waals surface area contributed by atoms with E-state index >= 15 is 0 Å². The molecule has 1 atom stereocenters. The summed E-state index contributed by atoms with van der Waals surface area (Å²) in [7, 11) is 0. The molecule has 1 aliphatic rings. The van der Waals surface area contributed by atoms with E-state index in [0.717, 1.165) is 31.2 Å². The molecule has 152 valence electrons. The van der Waals surface area contributed by atoms with Crippen LogP contribution in [0.15, 0.2) is 54.6 Å². The third kappa shape index (κ3) is 5.67. The number of carboxylic acid groups (broad SMARTS) is 1. The van der Waals surface area contributed by atoms with Gasteiger partial charge in [0, 0.05) is 12.5 Å². The highest BCUT2D eigenvalue weighted by Gasteiger charge is 2.25. The van der Waals surface area contributed by atoms with E-state index in [1.807, 2.05) is 30.3 Å². The Morgan fingerprint density at radius 1 is 0.862 bits per heavy atom. The molecule has 0 bridgehead atoms. The van der Waals surface area contributed by atoms with Crippen LogP contribution in [0.25, 0.3) is 0 Å². The molecule has 1 aliphatic carbocycles. The molecular formula is C23H26N2O4. The van der Waals surface area contributed by atoms with E-state index in [1.165, 1.54) is 6.42 Å². The Morgan fingerprint density at radius 3 is 2.07 bits per heavy atom. The second-order valence-corrected chi connectivity index (χ2v) is 7.41. The molecule has 3 N–H and O–H groups in total. The first-order chi connectivity index (χ1) is 14.0. The summed E-state index contributed by atoms with van der Waals surface area (Å²) in [5.74, 6) is -1.98. The minimum Gasteiger partial charge on any atom is -0.480 e. The summed E-state index contributed by atoms with van der Waals surface area (Å²) in [5, 5.41) is 15.1. The lowest BCUT2D eigenvalue weighted by atomic mass is 9.95. The van der Waals surface area contributed by atoms with Crippen LogP contribution in [0.2, 0.25) is 0 Å². The van der Waals surface area contributed by atoms with E-state index in [2.05, 4.69) is 10.6 Å². The number of rotatable bonds is 7. The van der Waals surface area contributed by atoms with Crippen LogP contribution in [0.1, 0.15) is 58.4 Å². The molecule has 0 spiro atoms. The molecule has 1 unspecified atom stereocenters. The van der Waals surface area contributed by atoms with Crippen molar-refractivity contribution in [2.75, 3.05) is 0 Å². The molecule has 2 amide bonds. The standard InChI is InChI=1S/C23H26N2O4/c26-21(24-17-11-5-2-6-12-17)18-13-7-8-14-19(18)22(27)25-20(23(28)29)15-16-9-3-1-4-10-16/h1,3-4,7-10,13-14,17,20H,2,5-6,11-12,15H2,(H,24,26)(H,25,27)(H,28,29). The van der Waals surface area contributed by atoms with Gasteiger partial charge in [-0.1, -0.05) is 61.7 Å². The normalized spacial score (nSPS) is 15.3. The van der Waals surface area contributed by atoms with E-state index in [1.54, 1.807) is 24.3 Å². The molecule has 0 saturated heterocycles. The largest absolute Gasteiger partial charge is 0.480 e. The van der Waals surface area contributed by atoms with Gasteiger partial charge in [-0.3, -0.25) is 9.59 Å². The lowest BCUT2D eigenvalue weighted by Gasteiger charge is -2.23. The average Bonchev–Trinajstić information content (AvgIpc) is 2.74. The fraction of sp³-hybridized carbons (Fsp3) is 0.348. The molecule has 6 nitrogen and oxygen atoms in total. The van der Waals surface area contributed by atoms with Gasteiger partial charge in [-0.25, -0.2) is 4.79 Å².